The summed E-state index contributed by atoms with van der Waals surface area (Å²) in [6.07, 6.45) is 5.02. The molecule has 0 heterocycles. The number of benzene rings is 4. The molecule has 0 bridgehead atoms. The van der Waals surface area contributed by atoms with E-state index in [1.807, 2.05) is 0 Å². The minimum atomic E-state index is -0.318. The van der Waals surface area contributed by atoms with E-state index < -0.39 is 0 Å². The summed E-state index contributed by atoms with van der Waals surface area (Å²) in [4.78, 5) is 0. The number of rotatable bonds is 2. The molecule has 6 rings (SSSR count). The molecule has 0 amide bonds. The van der Waals surface area contributed by atoms with Crippen molar-refractivity contribution >= 4 is 23.3 Å². The number of halogens is 3. The van der Waals surface area contributed by atoms with Crippen molar-refractivity contribution in [3.05, 3.63) is 138 Å². The van der Waals surface area contributed by atoms with Gasteiger partial charge in [0, 0.05) is 10.9 Å². The van der Waals surface area contributed by atoms with Gasteiger partial charge in [-0.1, -0.05) is 66.2 Å². The van der Waals surface area contributed by atoms with E-state index in [4.69, 9.17) is 11.6 Å². The van der Waals surface area contributed by atoms with Gasteiger partial charge < -0.3 is 0 Å². The maximum absolute atomic E-state index is 15.2. The van der Waals surface area contributed by atoms with Gasteiger partial charge in [0.1, 0.15) is 11.6 Å². The van der Waals surface area contributed by atoms with E-state index in [0.29, 0.717) is 10.6 Å². The first-order valence-corrected chi connectivity index (χ1v) is 12.1. The van der Waals surface area contributed by atoms with Gasteiger partial charge in [0.05, 0.1) is 0 Å². The van der Waals surface area contributed by atoms with E-state index >= 15 is 4.39 Å². The summed E-state index contributed by atoms with van der Waals surface area (Å²) >= 11 is 6.08. The third-order valence-electron chi connectivity index (χ3n) is 7.27. The van der Waals surface area contributed by atoms with Gasteiger partial charge in [0.15, 0.2) is 0 Å². The lowest BCUT2D eigenvalue weighted by Gasteiger charge is -2.26. The summed E-state index contributed by atoms with van der Waals surface area (Å²) in [6, 6.07) is 22.5. The third kappa shape index (κ3) is 3.40. The fraction of sp³-hybridized carbons (Fsp3) is 0.161. The van der Waals surface area contributed by atoms with E-state index in [1.54, 1.807) is 24.3 Å². The molecule has 0 spiro atoms. The highest BCUT2D eigenvalue weighted by Gasteiger charge is 2.25. The minimum absolute atomic E-state index is 0.265. The van der Waals surface area contributed by atoms with E-state index in [2.05, 4.69) is 49.4 Å². The Morgan fingerprint density at radius 1 is 0.824 bits per heavy atom. The summed E-state index contributed by atoms with van der Waals surface area (Å²) < 4.78 is 29.5. The molecule has 0 saturated carbocycles. The van der Waals surface area contributed by atoms with Crippen molar-refractivity contribution in [1.29, 1.82) is 0 Å². The minimum Gasteiger partial charge on any atom is -0.207 e. The molecule has 34 heavy (non-hydrogen) atoms. The first-order valence-electron chi connectivity index (χ1n) is 11.7. The Kier molecular flexibility index (Phi) is 5.15. The summed E-state index contributed by atoms with van der Waals surface area (Å²) in [5.41, 5.74) is 6.78. The molecule has 4 aromatic carbocycles. The maximum atomic E-state index is 15.2. The molecular weight excluding hydrogens is 446 g/mol. The zero-order chi connectivity index (χ0) is 23.4. The first kappa shape index (κ1) is 21.3. The van der Waals surface area contributed by atoms with Gasteiger partial charge in [-0.15, -0.1) is 0 Å². The Hall–Kier alpha value is -3.23. The molecule has 1 unspecified atom stereocenters. The smallest absolute Gasteiger partial charge is 0.128 e. The van der Waals surface area contributed by atoms with Crippen LogP contribution in [0.5, 0.6) is 0 Å². The molecule has 168 valence electrons. The van der Waals surface area contributed by atoms with Crippen molar-refractivity contribution in [2.75, 3.05) is 0 Å². The highest BCUT2D eigenvalue weighted by atomic mass is 35.5. The molecule has 4 aromatic rings. The topological polar surface area (TPSA) is 0 Å². The van der Waals surface area contributed by atoms with Gasteiger partial charge in [-0.2, -0.15) is 0 Å². The number of hydrogen-bond acceptors (Lipinski definition) is 0. The van der Waals surface area contributed by atoms with Gasteiger partial charge in [-0.3, -0.25) is 0 Å². The molecule has 2 aliphatic rings. The van der Waals surface area contributed by atoms with Crippen LogP contribution in [0, 0.1) is 29.0 Å². The van der Waals surface area contributed by atoms with Crippen molar-refractivity contribution in [3.63, 3.8) is 0 Å². The number of aryl methyl sites for hydroxylation is 1. The van der Waals surface area contributed by atoms with Crippen LogP contribution >= 0.6 is 11.6 Å². The molecule has 0 nitrogen and oxygen atoms in total. The monoisotopic (exact) mass is 468 g/mol. The molecule has 0 fully saturated rings. The fourth-order valence-electron chi connectivity index (χ4n) is 5.74. The average Bonchev–Trinajstić information content (AvgIpc) is 2.83. The van der Waals surface area contributed by atoms with Gasteiger partial charge in [0.25, 0.3) is 0 Å². The lowest BCUT2D eigenvalue weighted by molar-refractivity contribution is 0.609. The lowest BCUT2D eigenvalue weighted by atomic mass is 9.77. The molecule has 0 aliphatic heterocycles. The quantitative estimate of drug-likeness (QED) is 0.308. The highest BCUT2D eigenvalue weighted by molar-refractivity contribution is 6.30. The fourth-order valence-corrected chi connectivity index (χ4v) is 5.90. The zero-order valence-electron chi connectivity index (χ0n) is 18.8. The summed E-state index contributed by atoms with van der Waals surface area (Å²) in [7, 11) is 0. The maximum Gasteiger partial charge on any atom is 0.128 e. The Labute approximate surface area is 202 Å². The van der Waals surface area contributed by atoms with Crippen LogP contribution in [0.1, 0.15) is 46.6 Å². The number of fused-ring (bicyclic) bond motifs is 4. The SMILES string of the molecule is Cc1ccccc1C1=c2ccc3c(c2CCC1)C(c1ccc(Cl)cc1F)C=c1ccc(F)cc1=3. The molecule has 1 atom stereocenters. The summed E-state index contributed by atoms with van der Waals surface area (Å²) in [5.74, 6) is -0.850. The predicted molar refractivity (Wildman–Crippen MR) is 134 cm³/mol. The standard InChI is InChI=1S/C31H23ClF2/c1-18-5-2-3-6-22(18)23-7-4-8-26-24(23)13-14-27-28-17-21(33)11-9-19(28)15-29(31(26)27)25-12-10-20(32)16-30(25)34/h2-3,5-6,9-17,29H,4,7-8H2,1H3. The van der Waals surface area contributed by atoms with Gasteiger partial charge in [-0.05, 0) is 105 Å². The largest absolute Gasteiger partial charge is 0.207 e. The normalized spacial score (nSPS) is 16.4. The second kappa shape index (κ2) is 8.21. The van der Waals surface area contributed by atoms with E-state index in [-0.39, 0.29) is 17.6 Å². The van der Waals surface area contributed by atoms with Crippen LogP contribution in [-0.2, 0) is 6.42 Å². The second-order valence-corrected chi connectivity index (χ2v) is 9.68. The van der Waals surface area contributed by atoms with Crippen molar-refractivity contribution in [2.24, 2.45) is 0 Å². The van der Waals surface area contributed by atoms with Gasteiger partial charge in [-0.25, -0.2) is 8.78 Å². The molecule has 2 aliphatic carbocycles. The lowest BCUT2D eigenvalue weighted by Crippen LogP contribution is -2.25. The average molecular weight is 469 g/mol. The van der Waals surface area contributed by atoms with E-state index in [0.717, 1.165) is 40.5 Å². The van der Waals surface area contributed by atoms with E-state index in [9.17, 15) is 4.39 Å². The molecule has 0 saturated heterocycles. The Balaban J connectivity index is 1.76. The Morgan fingerprint density at radius 2 is 1.65 bits per heavy atom. The predicted octanol–water partition coefficient (Wildman–Crippen LogP) is 6.67. The summed E-state index contributed by atoms with van der Waals surface area (Å²) in [5, 5.41) is 4.39. The van der Waals surface area contributed by atoms with Crippen LogP contribution in [0.2, 0.25) is 5.02 Å². The number of hydrogen-bond donors (Lipinski definition) is 0. The van der Waals surface area contributed by atoms with Crippen molar-refractivity contribution in [2.45, 2.75) is 32.1 Å². The first-order chi connectivity index (χ1) is 16.5. The van der Waals surface area contributed by atoms with Crippen molar-refractivity contribution in [1.82, 2.24) is 0 Å². The summed E-state index contributed by atoms with van der Waals surface area (Å²) in [6.45, 7) is 2.15. The molecule has 3 heteroatoms. The van der Waals surface area contributed by atoms with Crippen LogP contribution in [-0.4, -0.2) is 0 Å². The molecule has 0 radical (unpaired) electrons. The van der Waals surface area contributed by atoms with Crippen molar-refractivity contribution < 1.29 is 8.78 Å². The van der Waals surface area contributed by atoms with Gasteiger partial charge in [0.2, 0.25) is 0 Å². The Morgan fingerprint density at radius 3 is 2.47 bits per heavy atom. The second-order valence-electron chi connectivity index (χ2n) is 9.24. The third-order valence-corrected chi connectivity index (χ3v) is 7.50. The molecule has 0 N–H and O–H groups in total. The van der Waals surface area contributed by atoms with Crippen LogP contribution in [0.3, 0.4) is 0 Å². The zero-order valence-corrected chi connectivity index (χ0v) is 19.6. The highest BCUT2D eigenvalue weighted by Crippen LogP contribution is 2.36. The molecular formula is C31H23ClF2. The molecule has 0 aromatic heterocycles. The van der Waals surface area contributed by atoms with Gasteiger partial charge >= 0.3 is 0 Å². The van der Waals surface area contributed by atoms with E-state index in [1.165, 1.54) is 39.6 Å². The van der Waals surface area contributed by atoms with Crippen LogP contribution in [0.4, 0.5) is 8.78 Å². The van der Waals surface area contributed by atoms with Crippen LogP contribution in [0.25, 0.3) is 11.6 Å². The van der Waals surface area contributed by atoms with Crippen molar-refractivity contribution in [3.8, 4) is 0 Å². The van der Waals surface area contributed by atoms with Crippen LogP contribution in [0.15, 0.2) is 72.8 Å². The van der Waals surface area contributed by atoms with Crippen LogP contribution < -0.4 is 10.4 Å². The Bertz CT molecular complexity index is 1680.